The van der Waals surface area contributed by atoms with E-state index in [9.17, 15) is 0 Å². The van der Waals surface area contributed by atoms with Gasteiger partial charge in [0.25, 0.3) is 0 Å². The first-order valence-corrected chi connectivity index (χ1v) is 18.2. The quantitative estimate of drug-likeness (QED) is 0.175. The molecule has 10 rings (SSSR count). The molecule has 0 saturated heterocycles. The molecule has 1 aliphatic carbocycles. The third-order valence-corrected chi connectivity index (χ3v) is 10.9. The maximum absolute atomic E-state index is 6.22. The van der Waals surface area contributed by atoms with Gasteiger partial charge in [0.15, 0.2) is 5.58 Å². The molecule has 0 spiro atoms. The van der Waals surface area contributed by atoms with Crippen LogP contribution in [0.3, 0.4) is 0 Å². The number of oxazole rings is 1. The molecule has 0 N–H and O–H groups in total. The van der Waals surface area contributed by atoms with E-state index in [0.717, 1.165) is 55.6 Å². The van der Waals surface area contributed by atoms with Crippen LogP contribution in [0.1, 0.15) is 25.0 Å². The fourth-order valence-corrected chi connectivity index (χ4v) is 8.20. The van der Waals surface area contributed by atoms with Crippen LogP contribution in [-0.2, 0) is 5.41 Å². The minimum Gasteiger partial charge on any atom is -0.436 e. The van der Waals surface area contributed by atoms with Crippen molar-refractivity contribution in [2.24, 2.45) is 0 Å². The lowest BCUT2D eigenvalue weighted by molar-refractivity contribution is 0.620. The Kier molecular flexibility index (Phi) is 7.16. The van der Waals surface area contributed by atoms with E-state index in [1.54, 1.807) is 0 Å². The van der Waals surface area contributed by atoms with Crippen LogP contribution in [0.4, 0.5) is 17.1 Å². The van der Waals surface area contributed by atoms with E-state index in [4.69, 9.17) is 9.40 Å². The van der Waals surface area contributed by atoms with Gasteiger partial charge in [-0.3, -0.25) is 0 Å². The van der Waals surface area contributed by atoms with Crippen LogP contribution in [0.2, 0.25) is 0 Å². The predicted octanol–water partition coefficient (Wildman–Crippen LogP) is 13.8. The van der Waals surface area contributed by atoms with E-state index < -0.39 is 0 Å². The van der Waals surface area contributed by atoms with Crippen LogP contribution in [0.25, 0.3) is 66.7 Å². The molecule has 0 radical (unpaired) electrons. The number of para-hydroxylation sites is 1. The smallest absolute Gasteiger partial charge is 0.227 e. The van der Waals surface area contributed by atoms with Gasteiger partial charge in [0, 0.05) is 33.3 Å². The van der Waals surface area contributed by atoms with Crippen molar-refractivity contribution in [2.75, 3.05) is 4.90 Å². The fourth-order valence-electron chi connectivity index (χ4n) is 8.20. The average molecular weight is 681 g/mol. The Hall–Kier alpha value is -6.71. The summed E-state index contributed by atoms with van der Waals surface area (Å²) in [6, 6.07) is 65.1. The molecule has 9 aromatic rings. The molecule has 1 heterocycles. The van der Waals surface area contributed by atoms with Crippen LogP contribution >= 0.6 is 0 Å². The van der Waals surface area contributed by atoms with Gasteiger partial charge in [-0.2, -0.15) is 0 Å². The summed E-state index contributed by atoms with van der Waals surface area (Å²) in [6.07, 6.45) is 0. The van der Waals surface area contributed by atoms with Gasteiger partial charge in [-0.25, -0.2) is 4.98 Å². The highest BCUT2D eigenvalue weighted by atomic mass is 16.3. The van der Waals surface area contributed by atoms with Gasteiger partial charge >= 0.3 is 0 Å². The molecule has 0 atom stereocenters. The maximum atomic E-state index is 6.22. The molecular formula is C50H36N2O. The van der Waals surface area contributed by atoms with E-state index in [-0.39, 0.29) is 5.41 Å². The highest BCUT2D eigenvalue weighted by Gasteiger charge is 2.35. The van der Waals surface area contributed by atoms with E-state index in [1.165, 1.54) is 33.4 Å². The number of fused-ring (bicyclic) bond motifs is 6. The first-order valence-electron chi connectivity index (χ1n) is 18.2. The lowest BCUT2D eigenvalue weighted by Gasteiger charge is -2.29. The van der Waals surface area contributed by atoms with Crippen LogP contribution in [0.5, 0.6) is 0 Å². The van der Waals surface area contributed by atoms with Gasteiger partial charge in [0.2, 0.25) is 5.89 Å². The number of anilines is 3. The van der Waals surface area contributed by atoms with Crippen LogP contribution in [-0.4, -0.2) is 4.98 Å². The Balaban J connectivity index is 1.09. The second kappa shape index (κ2) is 12.2. The molecule has 1 aliphatic rings. The number of hydrogen-bond acceptors (Lipinski definition) is 3. The minimum atomic E-state index is -0.0561. The molecule has 3 heteroatoms. The SMILES string of the molecule is CC1(C)c2ccccc2-c2cc(N(c3ccc(-c4ccc5ccc6oc(-c7ccccc7)nc6c5c4)cc3)c3ccccc3-c3ccccc3)ccc21. The van der Waals surface area contributed by atoms with Crippen molar-refractivity contribution in [1.82, 2.24) is 4.98 Å². The Labute approximate surface area is 309 Å². The largest absolute Gasteiger partial charge is 0.436 e. The molecule has 53 heavy (non-hydrogen) atoms. The Morgan fingerprint density at radius 3 is 1.89 bits per heavy atom. The number of benzene rings is 8. The summed E-state index contributed by atoms with van der Waals surface area (Å²) in [4.78, 5) is 7.37. The zero-order chi connectivity index (χ0) is 35.5. The second-order valence-electron chi connectivity index (χ2n) is 14.4. The van der Waals surface area contributed by atoms with Gasteiger partial charge in [-0.15, -0.1) is 0 Å². The zero-order valence-electron chi connectivity index (χ0n) is 29.6. The van der Waals surface area contributed by atoms with Gasteiger partial charge in [0.05, 0.1) is 5.69 Å². The van der Waals surface area contributed by atoms with E-state index in [1.807, 2.05) is 36.4 Å². The van der Waals surface area contributed by atoms with E-state index in [0.29, 0.717) is 5.89 Å². The van der Waals surface area contributed by atoms with Crippen molar-refractivity contribution in [3.05, 3.63) is 193 Å². The third-order valence-electron chi connectivity index (χ3n) is 10.9. The minimum absolute atomic E-state index is 0.0561. The number of rotatable bonds is 6. The van der Waals surface area contributed by atoms with Crippen molar-refractivity contribution < 1.29 is 4.42 Å². The van der Waals surface area contributed by atoms with E-state index >= 15 is 0 Å². The molecule has 0 unspecified atom stereocenters. The first-order chi connectivity index (χ1) is 26.0. The predicted molar refractivity (Wildman–Crippen MR) is 220 cm³/mol. The van der Waals surface area contributed by atoms with Gasteiger partial charge in [-0.1, -0.05) is 141 Å². The molecule has 0 amide bonds. The summed E-state index contributed by atoms with van der Waals surface area (Å²) in [6.45, 7) is 4.67. The monoisotopic (exact) mass is 680 g/mol. The fraction of sp³-hybridized carbons (Fsp3) is 0.0600. The van der Waals surface area contributed by atoms with Crippen molar-refractivity contribution in [3.63, 3.8) is 0 Å². The Morgan fingerprint density at radius 1 is 0.472 bits per heavy atom. The number of aromatic nitrogens is 1. The highest BCUT2D eigenvalue weighted by Crippen LogP contribution is 2.51. The summed E-state index contributed by atoms with van der Waals surface area (Å²) >= 11 is 0. The second-order valence-corrected chi connectivity index (χ2v) is 14.4. The topological polar surface area (TPSA) is 29.3 Å². The maximum Gasteiger partial charge on any atom is 0.227 e. The van der Waals surface area contributed by atoms with Crippen molar-refractivity contribution in [3.8, 4) is 44.8 Å². The van der Waals surface area contributed by atoms with Gasteiger partial charge < -0.3 is 9.32 Å². The Bertz CT molecular complexity index is 2800. The summed E-state index contributed by atoms with van der Waals surface area (Å²) in [5.41, 5.74) is 15.9. The molecule has 252 valence electrons. The summed E-state index contributed by atoms with van der Waals surface area (Å²) in [5, 5.41) is 2.21. The van der Waals surface area contributed by atoms with Crippen LogP contribution in [0, 0.1) is 0 Å². The number of hydrogen-bond donors (Lipinski definition) is 0. The average Bonchev–Trinajstić information content (AvgIpc) is 3.76. The van der Waals surface area contributed by atoms with Crippen molar-refractivity contribution >= 4 is 38.9 Å². The molecule has 3 nitrogen and oxygen atoms in total. The van der Waals surface area contributed by atoms with E-state index in [2.05, 4.69) is 164 Å². The zero-order valence-corrected chi connectivity index (χ0v) is 29.6. The molecule has 8 aromatic carbocycles. The summed E-state index contributed by atoms with van der Waals surface area (Å²) < 4.78 is 6.22. The molecule has 0 saturated carbocycles. The van der Waals surface area contributed by atoms with Crippen molar-refractivity contribution in [1.29, 1.82) is 0 Å². The highest BCUT2D eigenvalue weighted by molar-refractivity contribution is 6.05. The Morgan fingerprint density at radius 2 is 1.09 bits per heavy atom. The van der Waals surface area contributed by atoms with Crippen LogP contribution < -0.4 is 4.90 Å². The molecule has 0 bridgehead atoms. The van der Waals surface area contributed by atoms with Crippen molar-refractivity contribution in [2.45, 2.75) is 19.3 Å². The summed E-state index contributed by atoms with van der Waals surface area (Å²) in [5.74, 6) is 0.636. The first kappa shape index (κ1) is 31.1. The third kappa shape index (κ3) is 5.16. The molecule has 1 aromatic heterocycles. The summed E-state index contributed by atoms with van der Waals surface area (Å²) in [7, 11) is 0. The van der Waals surface area contributed by atoms with Gasteiger partial charge in [-0.05, 0) is 98.9 Å². The van der Waals surface area contributed by atoms with Crippen LogP contribution in [0.15, 0.2) is 186 Å². The number of nitrogens with zero attached hydrogens (tertiary/aromatic N) is 2. The standard InChI is InChI=1S/C50H36N2O/c1-50(2)44-19-11-9-18-41(44)43-32-39(28-29-45(43)50)52(46-20-12-10-17-40(46)34-13-5-3-6-14-34)38-26-23-33(24-27-38)37-22-21-35-25-30-47-48(42(35)31-37)51-49(53-47)36-15-7-4-8-16-36/h3-32H,1-2H3. The molecule has 0 fully saturated rings. The lowest BCUT2D eigenvalue weighted by atomic mass is 9.82. The van der Waals surface area contributed by atoms with Gasteiger partial charge in [0.1, 0.15) is 5.52 Å². The molecular weight excluding hydrogens is 645 g/mol. The normalized spacial score (nSPS) is 12.9. The lowest BCUT2D eigenvalue weighted by Crippen LogP contribution is -2.15. The molecule has 0 aliphatic heterocycles.